The SMILES string of the molecule is CCC(=O)N1CCC(C(=O)Nc2ccccc2OC(C)C)CC1. The fourth-order valence-corrected chi connectivity index (χ4v) is 2.78. The molecule has 0 aromatic heterocycles. The molecule has 0 bridgehead atoms. The van der Waals surface area contributed by atoms with E-state index < -0.39 is 0 Å². The molecule has 0 spiro atoms. The van der Waals surface area contributed by atoms with Crippen molar-refractivity contribution < 1.29 is 14.3 Å². The summed E-state index contributed by atoms with van der Waals surface area (Å²) >= 11 is 0. The number of piperidine rings is 1. The minimum atomic E-state index is -0.0528. The third-order valence-corrected chi connectivity index (χ3v) is 4.03. The van der Waals surface area contributed by atoms with Crippen LogP contribution in [0.25, 0.3) is 0 Å². The van der Waals surface area contributed by atoms with Gasteiger partial charge in [-0.25, -0.2) is 0 Å². The summed E-state index contributed by atoms with van der Waals surface area (Å²) in [5.41, 5.74) is 0.707. The summed E-state index contributed by atoms with van der Waals surface area (Å²) in [6.07, 6.45) is 2.00. The number of rotatable bonds is 5. The van der Waals surface area contributed by atoms with Crippen LogP contribution in [0, 0.1) is 5.92 Å². The number of carbonyl (C=O) groups is 2. The Labute approximate surface area is 138 Å². The molecule has 126 valence electrons. The Morgan fingerprint density at radius 1 is 1.26 bits per heavy atom. The zero-order valence-corrected chi connectivity index (χ0v) is 14.2. The van der Waals surface area contributed by atoms with Gasteiger partial charge in [-0.15, -0.1) is 0 Å². The number of hydrogen-bond acceptors (Lipinski definition) is 3. The lowest BCUT2D eigenvalue weighted by molar-refractivity contribution is -0.134. The zero-order valence-electron chi connectivity index (χ0n) is 14.2. The number of nitrogens with one attached hydrogen (secondary N) is 1. The third-order valence-electron chi connectivity index (χ3n) is 4.03. The Morgan fingerprint density at radius 2 is 1.91 bits per heavy atom. The van der Waals surface area contributed by atoms with Crippen LogP contribution >= 0.6 is 0 Å². The highest BCUT2D eigenvalue weighted by Gasteiger charge is 2.27. The summed E-state index contributed by atoms with van der Waals surface area (Å²) in [5, 5.41) is 2.98. The van der Waals surface area contributed by atoms with Crippen LogP contribution in [0.15, 0.2) is 24.3 Å². The van der Waals surface area contributed by atoms with E-state index in [1.54, 1.807) is 0 Å². The highest BCUT2D eigenvalue weighted by Crippen LogP contribution is 2.27. The van der Waals surface area contributed by atoms with E-state index in [1.165, 1.54) is 0 Å². The molecule has 2 amide bonds. The van der Waals surface area contributed by atoms with Gasteiger partial charge in [0.2, 0.25) is 11.8 Å². The standard InChI is InChI=1S/C18H26N2O3/c1-4-17(21)20-11-9-14(10-12-20)18(22)19-15-7-5-6-8-16(15)23-13(2)3/h5-8,13-14H,4,9-12H2,1-3H3,(H,19,22). The molecule has 1 saturated heterocycles. The van der Waals surface area contributed by atoms with Gasteiger partial charge in [-0.1, -0.05) is 19.1 Å². The van der Waals surface area contributed by atoms with E-state index in [1.807, 2.05) is 49.9 Å². The van der Waals surface area contributed by atoms with Crippen molar-refractivity contribution in [2.75, 3.05) is 18.4 Å². The monoisotopic (exact) mass is 318 g/mol. The predicted octanol–water partition coefficient (Wildman–Crippen LogP) is 3.06. The molecule has 1 aliphatic rings. The second-order valence-corrected chi connectivity index (χ2v) is 6.16. The largest absolute Gasteiger partial charge is 0.489 e. The third kappa shape index (κ3) is 4.71. The number of hydrogen-bond donors (Lipinski definition) is 1. The van der Waals surface area contributed by atoms with Gasteiger partial charge in [0.25, 0.3) is 0 Å². The van der Waals surface area contributed by atoms with Crippen molar-refractivity contribution in [3.63, 3.8) is 0 Å². The van der Waals surface area contributed by atoms with Crippen LogP contribution in [0.2, 0.25) is 0 Å². The van der Waals surface area contributed by atoms with Crippen molar-refractivity contribution in [3.8, 4) is 5.75 Å². The van der Waals surface area contributed by atoms with E-state index in [4.69, 9.17) is 4.74 Å². The maximum Gasteiger partial charge on any atom is 0.227 e. The minimum Gasteiger partial charge on any atom is -0.489 e. The lowest BCUT2D eigenvalue weighted by Crippen LogP contribution is -2.41. The predicted molar refractivity (Wildman–Crippen MR) is 90.4 cm³/mol. The fraction of sp³-hybridized carbons (Fsp3) is 0.556. The van der Waals surface area contributed by atoms with Gasteiger partial charge in [-0.05, 0) is 38.8 Å². The van der Waals surface area contributed by atoms with Crippen molar-refractivity contribution in [3.05, 3.63) is 24.3 Å². The normalized spacial score (nSPS) is 15.6. The van der Waals surface area contributed by atoms with Crippen LogP contribution in [-0.4, -0.2) is 35.9 Å². The molecule has 0 aliphatic carbocycles. The fourth-order valence-electron chi connectivity index (χ4n) is 2.78. The van der Waals surface area contributed by atoms with Gasteiger partial charge in [0.1, 0.15) is 5.75 Å². The first-order valence-corrected chi connectivity index (χ1v) is 8.35. The number of para-hydroxylation sites is 2. The molecule has 0 saturated carbocycles. The molecule has 0 atom stereocenters. The molecule has 0 radical (unpaired) electrons. The van der Waals surface area contributed by atoms with Gasteiger partial charge < -0.3 is 15.0 Å². The average Bonchev–Trinajstić information content (AvgIpc) is 2.55. The van der Waals surface area contributed by atoms with E-state index in [9.17, 15) is 9.59 Å². The molecule has 1 N–H and O–H groups in total. The smallest absolute Gasteiger partial charge is 0.227 e. The molecule has 23 heavy (non-hydrogen) atoms. The highest BCUT2D eigenvalue weighted by molar-refractivity contribution is 5.94. The van der Waals surface area contributed by atoms with E-state index in [-0.39, 0.29) is 23.8 Å². The van der Waals surface area contributed by atoms with Crippen LogP contribution in [0.3, 0.4) is 0 Å². The average molecular weight is 318 g/mol. The molecular weight excluding hydrogens is 292 g/mol. The van der Waals surface area contributed by atoms with Gasteiger partial charge in [0, 0.05) is 25.4 Å². The summed E-state index contributed by atoms with van der Waals surface area (Å²) in [6, 6.07) is 7.48. The Bertz CT molecular complexity index is 549. The van der Waals surface area contributed by atoms with Crippen molar-refractivity contribution in [1.82, 2.24) is 4.90 Å². The molecule has 0 unspecified atom stereocenters. The van der Waals surface area contributed by atoms with Gasteiger partial charge >= 0.3 is 0 Å². The molecule has 5 nitrogen and oxygen atoms in total. The summed E-state index contributed by atoms with van der Waals surface area (Å²) in [4.78, 5) is 26.0. The Balaban J connectivity index is 1.94. The molecular formula is C18H26N2O3. The number of carbonyl (C=O) groups excluding carboxylic acids is 2. The van der Waals surface area contributed by atoms with Crippen molar-refractivity contribution in [2.24, 2.45) is 5.92 Å². The van der Waals surface area contributed by atoms with Gasteiger partial charge in [0.15, 0.2) is 0 Å². The summed E-state index contributed by atoms with van der Waals surface area (Å²) < 4.78 is 5.73. The molecule has 2 rings (SSSR count). The number of benzene rings is 1. The highest BCUT2D eigenvalue weighted by atomic mass is 16.5. The molecule has 1 aromatic carbocycles. The van der Waals surface area contributed by atoms with Crippen molar-refractivity contribution in [2.45, 2.75) is 46.1 Å². The van der Waals surface area contributed by atoms with Gasteiger partial charge in [0.05, 0.1) is 11.8 Å². The number of likely N-dealkylation sites (tertiary alicyclic amines) is 1. The van der Waals surface area contributed by atoms with Gasteiger partial charge in [-0.2, -0.15) is 0 Å². The Morgan fingerprint density at radius 3 is 2.52 bits per heavy atom. The lowest BCUT2D eigenvalue weighted by atomic mass is 9.95. The van der Waals surface area contributed by atoms with E-state index >= 15 is 0 Å². The zero-order chi connectivity index (χ0) is 16.8. The van der Waals surface area contributed by atoms with E-state index in [0.29, 0.717) is 43.8 Å². The number of anilines is 1. The Kier molecular flexibility index (Phi) is 6.02. The summed E-state index contributed by atoms with van der Waals surface area (Å²) in [7, 11) is 0. The maximum atomic E-state index is 12.5. The first-order chi connectivity index (χ1) is 11.0. The van der Waals surface area contributed by atoms with Gasteiger partial charge in [-0.3, -0.25) is 9.59 Å². The topological polar surface area (TPSA) is 58.6 Å². The summed E-state index contributed by atoms with van der Waals surface area (Å²) in [5.74, 6) is 0.811. The quantitative estimate of drug-likeness (QED) is 0.907. The van der Waals surface area contributed by atoms with Crippen molar-refractivity contribution >= 4 is 17.5 Å². The Hall–Kier alpha value is -2.04. The summed E-state index contributed by atoms with van der Waals surface area (Å²) in [6.45, 7) is 7.11. The first kappa shape index (κ1) is 17.3. The van der Waals surface area contributed by atoms with Crippen LogP contribution in [0.1, 0.15) is 40.0 Å². The number of amides is 2. The molecule has 1 aromatic rings. The molecule has 1 heterocycles. The van der Waals surface area contributed by atoms with E-state index in [2.05, 4.69) is 5.32 Å². The molecule has 1 fully saturated rings. The van der Waals surface area contributed by atoms with Crippen molar-refractivity contribution in [1.29, 1.82) is 0 Å². The maximum absolute atomic E-state index is 12.5. The molecule has 5 heteroatoms. The van der Waals surface area contributed by atoms with Crippen LogP contribution in [0.5, 0.6) is 5.75 Å². The van der Waals surface area contributed by atoms with Crippen LogP contribution in [0.4, 0.5) is 5.69 Å². The second-order valence-electron chi connectivity index (χ2n) is 6.16. The second kappa shape index (κ2) is 7.99. The number of ether oxygens (including phenoxy) is 1. The first-order valence-electron chi connectivity index (χ1n) is 8.35. The van der Waals surface area contributed by atoms with Crippen LogP contribution < -0.4 is 10.1 Å². The van der Waals surface area contributed by atoms with Crippen LogP contribution in [-0.2, 0) is 9.59 Å². The minimum absolute atomic E-state index is 0.00778. The lowest BCUT2D eigenvalue weighted by Gasteiger charge is -2.31. The molecule has 1 aliphatic heterocycles. The number of nitrogens with zero attached hydrogens (tertiary/aromatic N) is 1. The van der Waals surface area contributed by atoms with E-state index in [0.717, 1.165) is 0 Å².